The third-order valence-corrected chi connectivity index (χ3v) is 6.31. The van der Waals surface area contributed by atoms with E-state index < -0.39 is 24.7 Å². The third-order valence-electron chi connectivity index (χ3n) is 4.70. The number of non-ortho nitro benzene ring substituents is 1. The van der Waals surface area contributed by atoms with Gasteiger partial charge in [-0.25, -0.2) is 4.57 Å². The quantitative estimate of drug-likeness (QED) is 0.214. The summed E-state index contributed by atoms with van der Waals surface area (Å²) in [4.78, 5) is 22.5. The molecule has 10 heteroatoms. The molecule has 0 heterocycles. The van der Waals surface area contributed by atoms with Gasteiger partial charge in [0, 0.05) is 12.1 Å². The molecule has 0 spiro atoms. The molecule has 0 amide bonds. The average Bonchev–Trinajstić information content (AvgIpc) is 3.53. The molecule has 1 N–H and O–H groups in total. The number of benzene rings is 2. The van der Waals surface area contributed by atoms with Crippen molar-refractivity contribution in [3.05, 3.63) is 64.2 Å². The number of rotatable bonds is 11. The van der Waals surface area contributed by atoms with Gasteiger partial charge in [0.2, 0.25) is 0 Å². The fraction of sp³-hybridized carbons (Fsp3) is 0.409. The minimum Gasteiger partial charge on any atom is -0.462 e. The van der Waals surface area contributed by atoms with Crippen molar-refractivity contribution in [2.24, 2.45) is 5.92 Å². The summed E-state index contributed by atoms with van der Waals surface area (Å²) in [7, 11) is -4.11. The lowest BCUT2D eigenvalue weighted by Crippen LogP contribution is -2.36. The highest BCUT2D eigenvalue weighted by molar-refractivity contribution is 7.52. The number of nitrogens with zero attached hydrogens (tertiary/aromatic N) is 1. The van der Waals surface area contributed by atoms with Crippen LogP contribution in [-0.4, -0.2) is 23.0 Å². The van der Waals surface area contributed by atoms with Crippen LogP contribution in [0.2, 0.25) is 0 Å². The lowest BCUT2D eigenvalue weighted by Gasteiger charge is -2.23. The standard InChI is InChI=1S/C22H27N2O7P/c1-15(2)29-22(25)16(3)23-32(28,31-21-12-8-19(9-13-21)24(26)27)30-20-10-6-18(7-11-20)14-17-4-5-17/h6-13,15-17H,4-5,14H2,1-3H3,(H,23,28)/t16-,32?/m0/s1. The Kier molecular flexibility index (Phi) is 7.53. The normalized spacial score (nSPS) is 16.1. The van der Waals surface area contributed by atoms with Crippen molar-refractivity contribution >= 4 is 19.4 Å². The highest BCUT2D eigenvalue weighted by atomic mass is 31.2. The van der Waals surface area contributed by atoms with Crippen LogP contribution in [0, 0.1) is 16.0 Å². The van der Waals surface area contributed by atoms with Gasteiger partial charge < -0.3 is 13.8 Å². The van der Waals surface area contributed by atoms with E-state index in [0.29, 0.717) is 5.75 Å². The van der Waals surface area contributed by atoms with E-state index >= 15 is 0 Å². The van der Waals surface area contributed by atoms with Gasteiger partial charge in [-0.15, -0.1) is 0 Å². The predicted molar refractivity (Wildman–Crippen MR) is 119 cm³/mol. The SMILES string of the molecule is CC(C)OC(=O)[C@H](C)NP(=O)(Oc1ccc(CC2CC2)cc1)Oc1ccc([N+](=O)[O-])cc1. The number of carbonyl (C=O) groups excluding carboxylic acids is 1. The van der Waals surface area contributed by atoms with Crippen molar-refractivity contribution < 1.29 is 28.1 Å². The van der Waals surface area contributed by atoms with Gasteiger partial charge >= 0.3 is 13.7 Å². The minimum absolute atomic E-state index is 0.0845. The summed E-state index contributed by atoms with van der Waals surface area (Å²) in [5.74, 6) is 0.497. The second-order valence-corrected chi connectivity index (χ2v) is 9.68. The van der Waals surface area contributed by atoms with Crippen LogP contribution in [-0.2, 0) is 20.5 Å². The van der Waals surface area contributed by atoms with Gasteiger partial charge in [0.15, 0.2) is 0 Å². The Balaban J connectivity index is 1.77. The first kappa shape index (κ1) is 23.8. The van der Waals surface area contributed by atoms with E-state index in [1.165, 1.54) is 44.0 Å². The summed E-state index contributed by atoms with van der Waals surface area (Å²) in [6, 6.07) is 11.3. The summed E-state index contributed by atoms with van der Waals surface area (Å²) >= 11 is 0. The lowest BCUT2D eigenvalue weighted by atomic mass is 10.1. The Hall–Kier alpha value is -2.90. The Morgan fingerprint density at radius 3 is 2.06 bits per heavy atom. The summed E-state index contributed by atoms with van der Waals surface area (Å²) in [6.45, 7) is 4.90. The number of ether oxygens (including phenoxy) is 1. The molecule has 1 aliphatic carbocycles. The maximum Gasteiger partial charge on any atom is 0.513 e. The number of esters is 1. The molecule has 0 bridgehead atoms. The Labute approximate surface area is 186 Å². The number of carbonyl (C=O) groups is 1. The largest absolute Gasteiger partial charge is 0.513 e. The number of nitro benzene ring substituents is 1. The molecule has 0 aromatic heterocycles. The van der Waals surface area contributed by atoms with Crippen molar-refractivity contribution in [2.45, 2.75) is 52.2 Å². The van der Waals surface area contributed by atoms with Crippen molar-refractivity contribution in [3.63, 3.8) is 0 Å². The van der Waals surface area contributed by atoms with E-state index in [1.807, 2.05) is 12.1 Å². The average molecular weight is 462 g/mol. The van der Waals surface area contributed by atoms with Crippen molar-refractivity contribution in [1.82, 2.24) is 5.09 Å². The van der Waals surface area contributed by atoms with E-state index in [-0.39, 0.29) is 17.5 Å². The summed E-state index contributed by atoms with van der Waals surface area (Å²) in [5.41, 5.74) is 1.02. The molecule has 172 valence electrons. The molecule has 32 heavy (non-hydrogen) atoms. The minimum atomic E-state index is -4.11. The van der Waals surface area contributed by atoms with Crippen molar-refractivity contribution in [1.29, 1.82) is 0 Å². The zero-order valence-corrected chi connectivity index (χ0v) is 19.1. The number of hydrogen-bond donors (Lipinski definition) is 1. The zero-order chi connectivity index (χ0) is 23.3. The Morgan fingerprint density at radius 1 is 1.06 bits per heavy atom. The zero-order valence-electron chi connectivity index (χ0n) is 18.2. The number of hydrogen-bond acceptors (Lipinski definition) is 7. The molecule has 2 aromatic carbocycles. The van der Waals surface area contributed by atoms with Crippen molar-refractivity contribution in [2.75, 3.05) is 0 Å². The van der Waals surface area contributed by atoms with Gasteiger partial charge in [-0.2, -0.15) is 5.09 Å². The second kappa shape index (κ2) is 10.1. The highest BCUT2D eigenvalue weighted by Gasteiger charge is 2.34. The van der Waals surface area contributed by atoms with Crippen LogP contribution in [0.3, 0.4) is 0 Å². The van der Waals surface area contributed by atoms with Crippen LogP contribution >= 0.6 is 7.75 Å². The Bertz CT molecular complexity index is 988. The van der Waals surface area contributed by atoms with Crippen LogP contribution in [0.1, 0.15) is 39.2 Å². The summed E-state index contributed by atoms with van der Waals surface area (Å²) in [5, 5.41) is 13.5. The molecule has 1 saturated carbocycles. The first-order valence-corrected chi connectivity index (χ1v) is 12.0. The van der Waals surface area contributed by atoms with Crippen LogP contribution < -0.4 is 14.1 Å². The predicted octanol–water partition coefficient (Wildman–Crippen LogP) is 5.04. The van der Waals surface area contributed by atoms with E-state index in [4.69, 9.17) is 13.8 Å². The Morgan fingerprint density at radius 2 is 1.59 bits per heavy atom. The third kappa shape index (κ3) is 7.07. The molecule has 0 saturated heterocycles. The molecule has 3 rings (SSSR count). The smallest absolute Gasteiger partial charge is 0.462 e. The topological polar surface area (TPSA) is 117 Å². The van der Waals surface area contributed by atoms with Gasteiger partial charge in [-0.05, 0) is 75.8 Å². The van der Waals surface area contributed by atoms with Gasteiger partial charge in [0.05, 0.1) is 11.0 Å². The molecule has 1 aliphatic rings. The monoisotopic (exact) mass is 462 g/mol. The number of nitrogens with one attached hydrogen (secondary N) is 1. The molecule has 2 atom stereocenters. The van der Waals surface area contributed by atoms with E-state index in [1.54, 1.807) is 26.0 Å². The van der Waals surface area contributed by atoms with Crippen LogP contribution in [0.25, 0.3) is 0 Å². The highest BCUT2D eigenvalue weighted by Crippen LogP contribution is 2.46. The lowest BCUT2D eigenvalue weighted by molar-refractivity contribution is -0.384. The first-order valence-electron chi connectivity index (χ1n) is 10.4. The molecule has 9 nitrogen and oxygen atoms in total. The maximum atomic E-state index is 13.5. The summed E-state index contributed by atoms with van der Waals surface area (Å²) < 4.78 is 29.9. The first-order chi connectivity index (χ1) is 15.1. The van der Waals surface area contributed by atoms with Gasteiger partial charge in [-0.3, -0.25) is 14.9 Å². The fourth-order valence-electron chi connectivity index (χ4n) is 2.94. The van der Waals surface area contributed by atoms with Crippen molar-refractivity contribution in [3.8, 4) is 11.5 Å². The molecule has 1 unspecified atom stereocenters. The molecular weight excluding hydrogens is 435 g/mol. The van der Waals surface area contributed by atoms with Crippen LogP contribution in [0.15, 0.2) is 48.5 Å². The van der Waals surface area contributed by atoms with E-state index in [0.717, 1.165) is 17.9 Å². The van der Waals surface area contributed by atoms with Gasteiger partial charge in [0.1, 0.15) is 17.5 Å². The molecule has 2 aromatic rings. The number of nitro groups is 1. The van der Waals surface area contributed by atoms with Crippen LogP contribution in [0.5, 0.6) is 11.5 Å². The van der Waals surface area contributed by atoms with Crippen LogP contribution in [0.4, 0.5) is 5.69 Å². The summed E-state index contributed by atoms with van der Waals surface area (Å²) in [6.07, 6.45) is 3.13. The van der Waals surface area contributed by atoms with E-state index in [9.17, 15) is 19.5 Å². The van der Waals surface area contributed by atoms with Gasteiger partial charge in [0.25, 0.3) is 5.69 Å². The fourth-order valence-corrected chi connectivity index (χ4v) is 4.46. The molecular formula is C22H27N2O7P. The second-order valence-electron chi connectivity index (χ2n) is 8.06. The molecule has 0 radical (unpaired) electrons. The van der Waals surface area contributed by atoms with E-state index in [2.05, 4.69) is 5.09 Å². The molecule has 1 fully saturated rings. The molecule has 0 aliphatic heterocycles. The maximum absolute atomic E-state index is 13.5. The van der Waals surface area contributed by atoms with Gasteiger partial charge in [-0.1, -0.05) is 12.1 Å².